The topological polar surface area (TPSA) is 87.7 Å². The number of carbonyl (C=O) groups excluding carboxylic acids is 1. The van der Waals surface area contributed by atoms with Gasteiger partial charge >= 0.3 is 0 Å². The summed E-state index contributed by atoms with van der Waals surface area (Å²) in [6.07, 6.45) is 3.08. The second-order valence-corrected chi connectivity index (χ2v) is 4.59. The van der Waals surface area contributed by atoms with Gasteiger partial charge in [-0.25, -0.2) is 0 Å². The smallest absolute Gasteiger partial charge is 0.238 e. The zero-order valence-corrected chi connectivity index (χ0v) is 10.1. The molecule has 0 spiro atoms. The van der Waals surface area contributed by atoms with E-state index >= 15 is 0 Å². The highest BCUT2D eigenvalue weighted by Gasteiger charge is 2.45. The third kappa shape index (κ3) is 2.16. The third-order valence-electron chi connectivity index (χ3n) is 3.52. The van der Waals surface area contributed by atoms with Gasteiger partial charge in [-0.1, -0.05) is 36.2 Å². The van der Waals surface area contributed by atoms with Crippen LogP contribution < -0.4 is 11.1 Å². The summed E-state index contributed by atoms with van der Waals surface area (Å²) in [5.74, 6) is -0.185. The van der Waals surface area contributed by atoms with Crippen molar-refractivity contribution in [3.05, 3.63) is 30.3 Å². The monoisotopic (exact) mass is 247 g/mol. The van der Waals surface area contributed by atoms with Crippen molar-refractivity contribution in [1.82, 2.24) is 0 Å². The van der Waals surface area contributed by atoms with E-state index in [1.165, 1.54) is 0 Å². The SMILES string of the molecule is NC(=NO)C1(C(=O)Nc2ccccc2)CCCC1. The highest BCUT2D eigenvalue weighted by molar-refractivity contribution is 6.12. The molecule has 5 heteroatoms. The third-order valence-corrected chi connectivity index (χ3v) is 3.52. The number of hydrogen-bond donors (Lipinski definition) is 3. The molecule has 0 heterocycles. The molecule has 0 saturated heterocycles. The van der Waals surface area contributed by atoms with E-state index in [2.05, 4.69) is 10.5 Å². The van der Waals surface area contributed by atoms with Crippen molar-refractivity contribution in [2.75, 3.05) is 5.32 Å². The summed E-state index contributed by atoms with van der Waals surface area (Å²) < 4.78 is 0. The predicted octanol–water partition coefficient (Wildman–Crippen LogP) is 1.93. The summed E-state index contributed by atoms with van der Waals surface area (Å²) in [6, 6.07) is 9.20. The fourth-order valence-electron chi connectivity index (χ4n) is 2.45. The molecule has 1 fully saturated rings. The van der Waals surface area contributed by atoms with Crippen molar-refractivity contribution in [3.63, 3.8) is 0 Å². The Morgan fingerprint density at radius 3 is 2.44 bits per heavy atom. The summed E-state index contributed by atoms with van der Waals surface area (Å²) in [5, 5.41) is 14.7. The van der Waals surface area contributed by atoms with Crippen LogP contribution in [0.5, 0.6) is 0 Å². The number of carbonyl (C=O) groups is 1. The van der Waals surface area contributed by atoms with Crippen LogP contribution in [0.4, 0.5) is 5.69 Å². The minimum atomic E-state index is -0.857. The first kappa shape index (κ1) is 12.4. The van der Waals surface area contributed by atoms with Crippen molar-refractivity contribution in [3.8, 4) is 0 Å². The zero-order valence-electron chi connectivity index (χ0n) is 10.1. The number of para-hydroxylation sites is 1. The van der Waals surface area contributed by atoms with Crippen molar-refractivity contribution in [2.45, 2.75) is 25.7 Å². The molecule has 0 atom stereocenters. The normalized spacial score (nSPS) is 18.6. The Morgan fingerprint density at radius 2 is 1.89 bits per heavy atom. The maximum Gasteiger partial charge on any atom is 0.238 e. The number of benzene rings is 1. The molecule has 18 heavy (non-hydrogen) atoms. The van der Waals surface area contributed by atoms with Gasteiger partial charge in [-0.05, 0) is 25.0 Å². The van der Waals surface area contributed by atoms with Crippen molar-refractivity contribution in [2.24, 2.45) is 16.3 Å². The molecule has 1 aliphatic carbocycles. The van der Waals surface area contributed by atoms with E-state index in [4.69, 9.17) is 10.9 Å². The molecule has 1 aromatic carbocycles. The Labute approximate surface area is 106 Å². The van der Waals surface area contributed by atoms with Gasteiger partial charge < -0.3 is 16.3 Å². The van der Waals surface area contributed by atoms with E-state index < -0.39 is 5.41 Å². The van der Waals surface area contributed by atoms with Crippen LogP contribution in [0.15, 0.2) is 35.5 Å². The largest absolute Gasteiger partial charge is 0.409 e. The van der Waals surface area contributed by atoms with Gasteiger partial charge in [0.2, 0.25) is 5.91 Å². The first-order valence-corrected chi connectivity index (χ1v) is 6.03. The number of oxime groups is 1. The Balaban J connectivity index is 2.20. The fraction of sp³-hybridized carbons (Fsp3) is 0.385. The van der Waals surface area contributed by atoms with E-state index in [9.17, 15) is 4.79 Å². The number of amides is 1. The molecular weight excluding hydrogens is 230 g/mol. The maximum absolute atomic E-state index is 12.4. The highest BCUT2D eigenvalue weighted by Crippen LogP contribution is 2.39. The lowest BCUT2D eigenvalue weighted by Gasteiger charge is -2.25. The number of amidine groups is 1. The second-order valence-electron chi connectivity index (χ2n) is 4.59. The number of anilines is 1. The van der Waals surface area contributed by atoms with Gasteiger partial charge in [-0.15, -0.1) is 0 Å². The fourth-order valence-corrected chi connectivity index (χ4v) is 2.45. The van der Waals surface area contributed by atoms with Crippen LogP contribution in [-0.2, 0) is 4.79 Å². The number of nitrogens with one attached hydrogen (secondary N) is 1. The van der Waals surface area contributed by atoms with E-state index in [0.717, 1.165) is 18.5 Å². The molecule has 5 nitrogen and oxygen atoms in total. The van der Waals surface area contributed by atoms with Gasteiger partial charge in [0, 0.05) is 5.69 Å². The molecule has 0 aliphatic heterocycles. The van der Waals surface area contributed by atoms with E-state index in [-0.39, 0.29) is 11.7 Å². The number of nitrogens with two attached hydrogens (primary N) is 1. The molecule has 2 rings (SSSR count). The first-order valence-electron chi connectivity index (χ1n) is 6.03. The summed E-state index contributed by atoms with van der Waals surface area (Å²) in [5.41, 5.74) is 5.57. The van der Waals surface area contributed by atoms with Gasteiger partial charge in [0.1, 0.15) is 5.41 Å². The average molecular weight is 247 g/mol. The summed E-state index contributed by atoms with van der Waals surface area (Å²) in [4.78, 5) is 12.4. The average Bonchev–Trinajstić information content (AvgIpc) is 2.89. The summed E-state index contributed by atoms with van der Waals surface area (Å²) in [7, 11) is 0. The highest BCUT2D eigenvalue weighted by atomic mass is 16.4. The lowest BCUT2D eigenvalue weighted by Crippen LogP contribution is -2.45. The molecule has 0 radical (unpaired) electrons. The maximum atomic E-state index is 12.4. The van der Waals surface area contributed by atoms with Crippen LogP contribution in [0, 0.1) is 5.41 Å². The Kier molecular flexibility index (Phi) is 3.50. The number of rotatable bonds is 3. The van der Waals surface area contributed by atoms with E-state index in [1.54, 1.807) is 0 Å². The minimum Gasteiger partial charge on any atom is -0.409 e. The van der Waals surface area contributed by atoms with Crippen LogP contribution in [-0.4, -0.2) is 17.0 Å². The lowest BCUT2D eigenvalue weighted by atomic mass is 9.83. The predicted molar refractivity (Wildman–Crippen MR) is 69.4 cm³/mol. The van der Waals surface area contributed by atoms with E-state index in [1.807, 2.05) is 30.3 Å². The number of nitrogens with zero attached hydrogens (tertiary/aromatic N) is 1. The molecule has 1 saturated carbocycles. The van der Waals surface area contributed by atoms with Crippen LogP contribution in [0.3, 0.4) is 0 Å². The Bertz CT molecular complexity index is 451. The molecule has 4 N–H and O–H groups in total. The molecule has 1 aliphatic rings. The molecule has 0 bridgehead atoms. The van der Waals surface area contributed by atoms with Gasteiger partial charge in [0.05, 0.1) is 0 Å². The summed E-state index contributed by atoms with van der Waals surface area (Å²) in [6.45, 7) is 0. The minimum absolute atomic E-state index is 0.00781. The van der Waals surface area contributed by atoms with Crippen molar-refractivity contribution < 1.29 is 10.0 Å². The standard InChI is InChI=1S/C13H17N3O2/c14-11(16-18)13(8-4-5-9-13)12(17)15-10-6-2-1-3-7-10/h1-3,6-7,18H,4-5,8-9H2,(H2,14,16)(H,15,17). The molecular formula is C13H17N3O2. The Hall–Kier alpha value is -2.04. The van der Waals surface area contributed by atoms with Gasteiger partial charge in [0.15, 0.2) is 5.84 Å². The van der Waals surface area contributed by atoms with Crippen LogP contribution in [0.2, 0.25) is 0 Å². The molecule has 0 aromatic heterocycles. The van der Waals surface area contributed by atoms with Gasteiger partial charge in [-0.3, -0.25) is 4.79 Å². The zero-order chi connectivity index (χ0) is 13.0. The molecule has 1 aromatic rings. The Morgan fingerprint density at radius 1 is 1.28 bits per heavy atom. The first-order chi connectivity index (χ1) is 8.69. The van der Waals surface area contributed by atoms with Gasteiger partial charge in [0.25, 0.3) is 0 Å². The van der Waals surface area contributed by atoms with Crippen LogP contribution in [0.25, 0.3) is 0 Å². The van der Waals surface area contributed by atoms with Crippen LogP contribution in [0.1, 0.15) is 25.7 Å². The molecule has 96 valence electrons. The van der Waals surface area contributed by atoms with Crippen molar-refractivity contribution >= 4 is 17.4 Å². The van der Waals surface area contributed by atoms with Gasteiger partial charge in [-0.2, -0.15) is 0 Å². The van der Waals surface area contributed by atoms with Crippen molar-refractivity contribution in [1.29, 1.82) is 0 Å². The molecule has 0 unspecified atom stereocenters. The molecule has 1 amide bonds. The quantitative estimate of drug-likeness (QED) is 0.330. The van der Waals surface area contributed by atoms with E-state index in [0.29, 0.717) is 12.8 Å². The summed E-state index contributed by atoms with van der Waals surface area (Å²) >= 11 is 0. The lowest BCUT2D eigenvalue weighted by molar-refractivity contribution is -0.122. The number of hydrogen-bond acceptors (Lipinski definition) is 3. The van der Waals surface area contributed by atoms with Crippen LogP contribution >= 0.6 is 0 Å². The second kappa shape index (κ2) is 5.08.